The van der Waals surface area contributed by atoms with E-state index in [1.54, 1.807) is 30.9 Å². The van der Waals surface area contributed by atoms with Gasteiger partial charge in [0.2, 0.25) is 5.91 Å². The van der Waals surface area contributed by atoms with Crippen LogP contribution in [-0.4, -0.2) is 26.5 Å². The minimum Gasteiger partial charge on any atom is -0.323 e. The standard InChI is InChI=1S/C16H16FN3O2S2/c1-9-7-12-14(24-9)15(22)20(2)16(19-12)23-8-13(21)18-11-6-4-3-5-10(11)17/h3-6,9H,7-8H2,1-2H3,(H,18,21)/t9-/m1/s1. The molecule has 1 atom stereocenters. The summed E-state index contributed by atoms with van der Waals surface area (Å²) in [5.74, 6) is -0.775. The molecule has 0 radical (unpaired) electrons. The fourth-order valence-electron chi connectivity index (χ4n) is 2.38. The van der Waals surface area contributed by atoms with Gasteiger partial charge in [0, 0.05) is 18.7 Å². The lowest BCUT2D eigenvalue weighted by Crippen LogP contribution is -2.23. The first-order chi connectivity index (χ1) is 11.5. The van der Waals surface area contributed by atoms with Crippen LogP contribution in [0.25, 0.3) is 0 Å². The smallest absolute Gasteiger partial charge is 0.267 e. The van der Waals surface area contributed by atoms with Crippen molar-refractivity contribution in [1.29, 1.82) is 0 Å². The number of benzene rings is 1. The molecule has 0 spiro atoms. The summed E-state index contributed by atoms with van der Waals surface area (Å²) in [7, 11) is 1.65. The molecule has 1 aromatic heterocycles. The molecule has 0 aliphatic carbocycles. The number of hydrogen-bond acceptors (Lipinski definition) is 5. The maximum absolute atomic E-state index is 13.5. The van der Waals surface area contributed by atoms with Crippen molar-refractivity contribution in [3.05, 3.63) is 46.1 Å². The lowest BCUT2D eigenvalue weighted by atomic mass is 10.2. The molecule has 0 bridgehead atoms. The summed E-state index contributed by atoms with van der Waals surface area (Å²) < 4.78 is 15.0. The lowest BCUT2D eigenvalue weighted by molar-refractivity contribution is -0.113. The van der Waals surface area contributed by atoms with Gasteiger partial charge in [0.1, 0.15) is 5.82 Å². The highest BCUT2D eigenvalue weighted by Crippen LogP contribution is 2.33. The van der Waals surface area contributed by atoms with E-state index in [9.17, 15) is 14.0 Å². The Morgan fingerprint density at radius 1 is 1.50 bits per heavy atom. The summed E-state index contributed by atoms with van der Waals surface area (Å²) in [5.41, 5.74) is 0.864. The van der Waals surface area contributed by atoms with Crippen LogP contribution in [-0.2, 0) is 18.3 Å². The lowest BCUT2D eigenvalue weighted by Gasteiger charge is -2.09. The summed E-state index contributed by atoms with van der Waals surface area (Å²) in [6, 6.07) is 5.99. The number of fused-ring (bicyclic) bond motifs is 1. The SMILES string of the molecule is C[C@@H]1Cc2nc(SCC(=O)Nc3ccccc3F)n(C)c(=O)c2S1. The van der Waals surface area contributed by atoms with Gasteiger partial charge < -0.3 is 5.32 Å². The third-order valence-electron chi connectivity index (χ3n) is 3.56. The zero-order chi connectivity index (χ0) is 17.3. The van der Waals surface area contributed by atoms with Crippen molar-refractivity contribution in [3.63, 3.8) is 0 Å². The number of para-hydroxylation sites is 1. The molecule has 126 valence electrons. The molecular weight excluding hydrogens is 349 g/mol. The molecule has 2 aromatic rings. The predicted octanol–water partition coefficient (Wildman–Crippen LogP) is 2.69. The van der Waals surface area contributed by atoms with Crippen LogP contribution < -0.4 is 10.9 Å². The van der Waals surface area contributed by atoms with E-state index in [2.05, 4.69) is 17.2 Å². The van der Waals surface area contributed by atoms with Gasteiger partial charge in [0.15, 0.2) is 5.16 Å². The van der Waals surface area contributed by atoms with Gasteiger partial charge in [-0.15, -0.1) is 11.8 Å². The molecule has 2 heterocycles. The van der Waals surface area contributed by atoms with Crippen LogP contribution in [0.1, 0.15) is 12.6 Å². The molecule has 0 saturated heterocycles. The number of amides is 1. The normalized spacial score (nSPS) is 16.0. The first-order valence-electron chi connectivity index (χ1n) is 7.39. The highest BCUT2D eigenvalue weighted by molar-refractivity contribution is 8.00. The molecule has 0 fully saturated rings. The molecule has 8 heteroatoms. The molecule has 1 amide bonds. The fourth-order valence-corrected chi connectivity index (χ4v) is 4.31. The summed E-state index contributed by atoms with van der Waals surface area (Å²) in [5, 5.41) is 3.35. The van der Waals surface area contributed by atoms with Gasteiger partial charge in [0.25, 0.3) is 5.56 Å². The minimum absolute atomic E-state index is 0.0517. The number of hydrogen-bond donors (Lipinski definition) is 1. The number of anilines is 1. The number of aromatic nitrogens is 2. The first-order valence-corrected chi connectivity index (χ1v) is 9.26. The Balaban J connectivity index is 1.70. The van der Waals surface area contributed by atoms with Gasteiger partial charge in [-0.1, -0.05) is 30.8 Å². The molecule has 0 unspecified atom stereocenters. The van der Waals surface area contributed by atoms with Crippen LogP contribution in [0.4, 0.5) is 10.1 Å². The third kappa shape index (κ3) is 3.49. The van der Waals surface area contributed by atoms with Crippen molar-refractivity contribution in [3.8, 4) is 0 Å². The highest BCUT2D eigenvalue weighted by atomic mass is 32.2. The molecule has 1 aliphatic heterocycles. The van der Waals surface area contributed by atoms with Gasteiger partial charge in [-0.2, -0.15) is 0 Å². The fraction of sp³-hybridized carbons (Fsp3) is 0.312. The number of nitrogens with zero attached hydrogens (tertiary/aromatic N) is 2. The van der Waals surface area contributed by atoms with Crippen LogP contribution in [0.5, 0.6) is 0 Å². The van der Waals surface area contributed by atoms with Gasteiger partial charge >= 0.3 is 0 Å². The second kappa shape index (κ2) is 6.98. The minimum atomic E-state index is -0.482. The van der Waals surface area contributed by atoms with E-state index in [4.69, 9.17) is 0 Å². The topological polar surface area (TPSA) is 64.0 Å². The van der Waals surface area contributed by atoms with Gasteiger partial charge in [-0.25, -0.2) is 9.37 Å². The van der Waals surface area contributed by atoms with Crippen LogP contribution >= 0.6 is 23.5 Å². The summed E-state index contributed by atoms with van der Waals surface area (Å²) in [4.78, 5) is 29.6. The van der Waals surface area contributed by atoms with E-state index in [0.29, 0.717) is 15.3 Å². The summed E-state index contributed by atoms with van der Waals surface area (Å²) in [6.07, 6.45) is 0.755. The van der Waals surface area contributed by atoms with Crippen molar-refractivity contribution in [2.45, 2.75) is 28.6 Å². The summed E-state index contributed by atoms with van der Waals surface area (Å²) in [6.45, 7) is 2.06. The Kier molecular flexibility index (Phi) is 4.96. The average Bonchev–Trinajstić information content (AvgIpc) is 2.92. The van der Waals surface area contributed by atoms with E-state index >= 15 is 0 Å². The monoisotopic (exact) mass is 365 g/mol. The Hall–Kier alpha value is -1.80. The summed E-state index contributed by atoms with van der Waals surface area (Å²) >= 11 is 2.71. The zero-order valence-electron chi connectivity index (χ0n) is 13.2. The molecule has 1 aliphatic rings. The van der Waals surface area contributed by atoms with Crippen LogP contribution in [0, 0.1) is 5.82 Å². The van der Waals surface area contributed by atoms with Crippen LogP contribution in [0.15, 0.2) is 39.1 Å². The van der Waals surface area contributed by atoms with E-state index in [1.807, 2.05) is 0 Å². The Labute approximate surface area is 147 Å². The maximum atomic E-state index is 13.5. The quantitative estimate of drug-likeness (QED) is 0.667. The number of halogens is 1. The van der Waals surface area contributed by atoms with E-state index in [0.717, 1.165) is 12.1 Å². The van der Waals surface area contributed by atoms with Crippen molar-refractivity contribution in [2.75, 3.05) is 11.1 Å². The van der Waals surface area contributed by atoms with Gasteiger partial charge in [0.05, 0.1) is 22.0 Å². The maximum Gasteiger partial charge on any atom is 0.267 e. The highest BCUT2D eigenvalue weighted by Gasteiger charge is 2.25. The molecule has 24 heavy (non-hydrogen) atoms. The van der Waals surface area contributed by atoms with Gasteiger partial charge in [-0.05, 0) is 12.1 Å². The number of carbonyl (C=O) groups excluding carboxylic acids is 1. The van der Waals surface area contributed by atoms with Crippen molar-refractivity contribution >= 4 is 35.1 Å². The second-order valence-corrected chi connectivity index (χ2v) is 7.87. The Morgan fingerprint density at radius 2 is 2.25 bits per heavy atom. The number of nitrogens with one attached hydrogen (secondary N) is 1. The van der Waals surface area contributed by atoms with Crippen molar-refractivity contribution < 1.29 is 9.18 Å². The molecule has 1 aromatic carbocycles. The van der Waals surface area contributed by atoms with Crippen LogP contribution in [0.3, 0.4) is 0 Å². The molecule has 0 saturated carbocycles. The van der Waals surface area contributed by atoms with Crippen molar-refractivity contribution in [1.82, 2.24) is 9.55 Å². The second-order valence-electron chi connectivity index (χ2n) is 5.48. The van der Waals surface area contributed by atoms with Gasteiger partial charge in [-0.3, -0.25) is 14.2 Å². The van der Waals surface area contributed by atoms with E-state index < -0.39 is 5.82 Å². The predicted molar refractivity (Wildman–Crippen MR) is 94.3 cm³/mol. The zero-order valence-corrected chi connectivity index (χ0v) is 14.8. The third-order valence-corrected chi connectivity index (χ3v) is 5.80. The Morgan fingerprint density at radius 3 is 3.00 bits per heavy atom. The Bertz CT molecular complexity index is 854. The largest absolute Gasteiger partial charge is 0.323 e. The van der Waals surface area contributed by atoms with E-state index in [1.165, 1.54) is 28.5 Å². The molecule has 3 rings (SSSR count). The number of carbonyl (C=O) groups is 1. The molecular formula is C16H16FN3O2S2. The van der Waals surface area contributed by atoms with E-state index in [-0.39, 0.29) is 22.9 Å². The number of rotatable bonds is 4. The first kappa shape index (κ1) is 17.0. The van der Waals surface area contributed by atoms with Crippen LogP contribution in [0.2, 0.25) is 0 Å². The molecule has 1 N–H and O–H groups in total. The number of thioether (sulfide) groups is 2. The average molecular weight is 365 g/mol. The van der Waals surface area contributed by atoms with Crippen molar-refractivity contribution in [2.24, 2.45) is 7.05 Å². The molecule has 5 nitrogen and oxygen atoms in total.